The molecule has 2 rings (SSSR count). The van der Waals surface area contributed by atoms with Gasteiger partial charge in [0, 0.05) is 19.8 Å². The zero-order chi connectivity index (χ0) is 14.5. The standard InChI is InChI=1S/C15H20N2O3/c1-11(8-9-20-2)16-13-10-14(18)17(15(13)19)12-6-4-3-5-7-12/h3-7,11,13,16H,8-10H2,1-2H3. The van der Waals surface area contributed by atoms with Crippen LogP contribution in [0.15, 0.2) is 30.3 Å². The van der Waals surface area contributed by atoms with Crippen molar-refractivity contribution in [2.75, 3.05) is 18.6 Å². The van der Waals surface area contributed by atoms with E-state index in [1.165, 1.54) is 4.90 Å². The predicted octanol–water partition coefficient (Wildman–Crippen LogP) is 1.33. The van der Waals surface area contributed by atoms with Crippen molar-refractivity contribution < 1.29 is 14.3 Å². The highest BCUT2D eigenvalue weighted by atomic mass is 16.5. The van der Waals surface area contributed by atoms with Crippen molar-refractivity contribution in [2.45, 2.75) is 31.8 Å². The molecule has 1 saturated heterocycles. The van der Waals surface area contributed by atoms with E-state index in [0.717, 1.165) is 6.42 Å². The molecule has 1 fully saturated rings. The van der Waals surface area contributed by atoms with E-state index in [1.807, 2.05) is 25.1 Å². The van der Waals surface area contributed by atoms with Crippen molar-refractivity contribution >= 4 is 17.5 Å². The first kappa shape index (κ1) is 14.7. The van der Waals surface area contributed by atoms with E-state index >= 15 is 0 Å². The van der Waals surface area contributed by atoms with Crippen LogP contribution in [0.25, 0.3) is 0 Å². The first-order chi connectivity index (χ1) is 9.63. The number of hydrogen-bond donors (Lipinski definition) is 1. The molecule has 0 aromatic heterocycles. The van der Waals surface area contributed by atoms with Gasteiger partial charge in [0.1, 0.15) is 0 Å². The molecule has 0 spiro atoms. The highest BCUT2D eigenvalue weighted by Gasteiger charge is 2.39. The van der Waals surface area contributed by atoms with Crippen molar-refractivity contribution in [1.82, 2.24) is 5.32 Å². The van der Waals surface area contributed by atoms with E-state index in [0.29, 0.717) is 12.3 Å². The van der Waals surface area contributed by atoms with Crippen LogP contribution in [0.1, 0.15) is 19.8 Å². The summed E-state index contributed by atoms with van der Waals surface area (Å²) in [6, 6.07) is 8.73. The average molecular weight is 276 g/mol. The SMILES string of the molecule is COCCC(C)NC1CC(=O)N(c2ccccc2)C1=O. The molecule has 0 radical (unpaired) electrons. The van der Waals surface area contributed by atoms with Crippen molar-refractivity contribution in [3.63, 3.8) is 0 Å². The summed E-state index contributed by atoms with van der Waals surface area (Å²) in [7, 11) is 1.65. The Labute approximate surface area is 118 Å². The number of nitrogens with zero attached hydrogens (tertiary/aromatic N) is 1. The molecule has 1 N–H and O–H groups in total. The van der Waals surface area contributed by atoms with Gasteiger partial charge < -0.3 is 10.1 Å². The second-order valence-electron chi connectivity index (χ2n) is 5.01. The second kappa shape index (κ2) is 6.63. The summed E-state index contributed by atoms with van der Waals surface area (Å²) in [5.41, 5.74) is 0.636. The van der Waals surface area contributed by atoms with E-state index in [9.17, 15) is 9.59 Å². The lowest BCUT2D eigenvalue weighted by Crippen LogP contribution is -2.43. The molecule has 2 amide bonds. The summed E-state index contributed by atoms with van der Waals surface area (Å²) >= 11 is 0. The Bertz CT molecular complexity index is 475. The maximum absolute atomic E-state index is 12.3. The zero-order valence-electron chi connectivity index (χ0n) is 11.8. The highest BCUT2D eigenvalue weighted by molar-refractivity contribution is 6.22. The van der Waals surface area contributed by atoms with E-state index in [4.69, 9.17) is 4.74 Å². The van der Waals surface area contributed by atoms with Gasteiger partial charge in [0.15, 0.2) is 0 Å². The van der Waals surface area contributed by atoms with Gasteiger partial charge in [-0.1, -0.05) is 18.2 Å². The lowest BCUT2D eigenvalue weighted by molar-refractivity contribution is -0.121. The minimum absolute atomic E-state index is 0.132. The number of benzene rings is 1. The van der Waals surface area contributed by atoms with Gasteiger partial charge in [-0.15, -0.1) is 0 Å². The minimum Gasteiger partial charge on any atom is -0.385 e. The van der Waals surface area contributed by atoms with E-state index in [-0.39, 0.29) is 24.3 Å². The number of amides is 2. The fraction of sp³-hybridized carbons (Fsp3) is 0.467. The molecular weight excluding hydrogens is 256 g/mol. The van der Waals surface area contributed by atoms with Crippen LogP contribution in [-0.2, 0) is 14.3 Å². The number of hydrogen-bond acceptors (Lipinski definition) is 4. The average Bonchev–Trinajstić information content (AvgIpc) is 2.72. The van der Waals surface area contributed by atoms with Gasteiger partial charge in [-0.2, -0.15) is 0 Å². The molecule has 2 unspecified atom stereocenters. The van der Waals surface area contributed by atoms with Crippen LogP contribution in [0.2, 0.25) is 0 Å². The fourth-order valence-corrected chi connectivity index (χ4v) is 2.33. The predicted molar refractivity (Wildman–Crippen MR) is 76.4 cm³/mol. The molecule has 5 nitrogen and oxygen atoms in total. The van der Waals surface area contributed by atoms with Crippen LogP contribution >= 0.6 is 0 Å². The number of ether oxygens (including phenoxy) is 1. The highest BCUT2D eigenvalue weighted by Crippen LogP contribution is 2.22. The molecule has 1 heterocycles. The summed E-state index contributed by atoms with van der Waals surface area (Å²) in [6.45, 7) is 2.62. The summed E-state index contributed by atoms with van der Waals surface area (Å²) in [4.78, 5) is 25.6. The molecule has 1 aliphatic rings. The molecule has 0 bridgehead atoms. The first-order valence-electron chi connectivity index (χ1n) is 6.80. The number of carbonyl (C=O) groups excluding carboxylic acids is 2. The lowest BCUT2D eigenvalue weighted by atomic mass is 10.2. The molecule has 1 aromatic carbocycles. The zero-order valence-corrected chi connectivity index (χ0v) is 11.8. The van der Waals surface area contributed by atoms with Crippen molar-refractivity contribution in [1.29, 1.82) is 0 Å². The van der Waals surface area contributed by atoms with Crippen LogP contribution in [0, 0.1) is 0 Å². The number of rotatable bonds is 6. The Hall–Kier alpha value is -1.72. The van der Waals surface area contributed by atoms with Gasteiger partial charge in [-0.3, -0.25) is 9.59 Å². The van der Waals surface area contributed by atoms with Crippen LogP contribution in [0.4, 0.5) is 5.69 Å². The number of imide groups is 1. The third kappa shape index (κ3) is 3.23. The Morgan fingerprint density at radius 3 is 2.70 bits per heavy atom. The molecule has 20 heavy (non-hydrogen) atoms. The quantitative estimate of drug-likeness (QED) is 0.796. The van der Waals surface area contributed by atoms with E-state index < -0.39 is 6.04 Å². The number of anilines is 1. The van der Waals surface area contributed by atoms with Crippen molar-refractivity contribution in [2.24, 2.45) is 0 Å². The number of carbonyl (C=O) groups is 2. The number of para-hydroxylation sites is 1. The van der Waals surface area contributed by atoms with Crippen LogP contribution in [0.5, 0.6) is 0 Å². The normalized spacial score (nSPS) is 20.5. The summed E-state index contributed by atoms with van der Waals surface area (Å²) in [5, 5.41) is 3.20. The smallest absolute Gasteiger partial charge is 0.251 e. The Balaban J connectivity index is 2.02. The van der Waals surface area contributed by atoms with Gasteiger partial charge in [0.2, 0.25) is 5.91 Å². The van der Waals surface area contributed by atoms with Gasteiger partial charge in [-0.25, -0.2) is 4.90 Å². The Morgan fingerprint density at radius 2 is 2.05 bits per heavy atom. The molecular formula is C15H20N2O3. The molecule has 2 atom stereocenters. The van der Waals surface area contributed by atoms with Gasteiger partial charge >= 0.3 is 0 Å². The maximum Gasteiger partial charge on any atom is 0.251 e. The second-order valence-corrected chi connectivity index (χ2v) is 5.01. The third-order valence-corrected chi connectivity index (χ3v) is 3.40. The van der Waals surface area contributed by atoms with Crippen molar-refractivity contribution in [3.8, 4) is 0 Å². The number of methoxy groups -OCH3 is 1. The fourth-order valence-electron chi connectivity index (χ4n) is 2.33. The molecule has 1 aliphatic heterocycles. The molecule has 5 heteroatoms. The summed E-state index contributed by atoms with van der Waals surface area (Å²) < 4.78 is 5.01. The molecule has 0 saturated carbocycles. The van der Waals surface area contributed by atoms with E-state index in [1.54, 1.807) is 19.2 Å². The topological polar surface area (TPSA) is 58.6 Å². The Morgan fingerprint density at radius 1 is 1.35 bits per heavy atom. The molecule has 108 valence electrons. The summed E-state index contributed by atoms with van der Waals surface area (Å²) in [5.74, 6) is -0.330. The largest absolute Gasteiger partial charge is 0.385 e. The molecule has 0 aliphatic carbocycles. The van der Waals surface area contributed by atoms with Crippen molar-refractivity contribution in [3.05, 3.63) is 30.3 Å². The van der Waals surface area contributed by atoms with Crippen LogP contribution < -0.4 is 10.2 Å². The van der Waals surface area contributed by atoms with Gasteiger partial charge in [-0.05, 0) is 25.5 Å². The van der Waals surface area contributed by atoms with E-state index in [2.05, 4.69) is 5.32 Å². The van der Waals surface area contributed by atoms with Gasteiger partial charge in [0.25, 0.3) is 5.91 Å². The third-order valence-electron chi connectivity index (χ3n) is 3.40. The Kier molecular flexibility index (Phi) is 4.87. The first-order valence-corrected chi connectivity index (χ1v) is 6.80. The monoisotopic (exact) mass is 276 g/mol. The minimum atomic E-state index is -0.436. The van der Waals surface area contributed by atoms with Gasteiger partial charge in [0.05, 0.1) is 18.2 Å². The van der Waals surface area contributed by atoms with Crippen LogP contribution in [-0.4, -0.2) is 37.6 Å². The maximum atomic E-state index is 12.3. The lowest BCUT2D eigenvalue weighted by Gasteiger charge is -2.18. The summed E-state index contributed by atoms with van der Waals surface area (Å²) in [6.07, 6.45) is 1.02. The number of nitrogens with one attached hydrogen (secondary N) is 1. The molecule has 1 aromatic rings. The van der Waals surface area contributed by atoms with Crippen LogP contribution in [0.3, 0.4) is 0 Å².